The van der Waals surface area contributed by atoms with Crippen LogP contribution >= 0.6 is 0 Å². The van der Waals surface area contributed by atoms with Gasteiger partial charge in [0.25, 0.3) is 11.8 Å². The van der Waals surface area contributed by atoms with Crippen LogP contribution in [-0.4, -0.2) is 25.5 Å². The molecule has 2 N–H and O–H groups in total. The maximum absolute atomic E-state index is 12.0. The lowest BCUT2D eigenvalue weighted by Gasteiger charge is -2.09. The molecule has 2 rings (SSSR count). The predicted octanol–water partition coefficient (Wildman–Crippen LogP) is 2.31. The zero-order chi connectivity index (χ0) is 17.4. The lowest BCUT2D eigenvalue weighted by molar-refractivity contribution is 0.0846. The maximum atomic E-state index is 12.0. The molecular weight excluding hydrogens is 308 g/mol. The number of nitrogens with one attached hydrogen (secondary N) is 2. The molecule has 126 valence electrons. The number of rotatable bonds is 6. The molecular formula is C18H20N2O4. The molecule has 0 fully saturated rings. The second kappa shape index (κ2) is 8.69. The monoisotopic (exact) mass is 328 g/mol. The highest BCUT2D eigenvalue weighted by atomic mass is 16.5. The van der Waals surface area contributed by atoms with Crippen LogP contribution in [0, 0.1) is 0 Å². The molecule has 0 aliphatic rings. The minimum absolute atomic E-state index is 0.391. The standard InChI is InChI=1S/C18H20N2O4/c1-3-24-16-10-8-15(9-11-16)18(22)20-19-17(21)14-6-4-13(5-7-14)12-23-2/h4-11H,3,12H2,1-2H3,(H,19,21)(H,20,22). The molecule has 2 aromatic carbocycles. The van der Waals surface area contributed by atoms with Crippen molar-refractivity contribution >= 4 is 11.8 Å². The van der Waals surface area contributed by atoms with Crippen molar-refractivity contribution in [1.82, 2.24) is 10.9 Å². The number of carbonyl (C=O) groups excluding carboxylic acids is 2. The van der Waals surface area contributed by atoms with E-state index in [-0.39, 0.29) is 0 Å². The largest absolute Gasteiger partial charge is 0.494 e. The molecule has 6 nitrogen and oxygen atoms in total. The Hall–Kier alpha value is -2.86. The van der Waals surface area contributed by atoms with Crippen LogP contribution in [0.5, 0.6) is 5.75 Å². The number of hydrazine groups is 1. The number of hydrogen-bond acceptors (Lipinski definition) is 4. The van der Waals surface area contributed by atoms with Crippen molar-refractivity contribution in [2.45, 2.75) is 13.5 Å². The van der Waals surface area contributed by atoms with Gasteiger partial charge in [0.2, 0.25) is 0 Å². The van der Waals surface area contributed by atoms with Crippen LogP contribution in [0.3, 0.4) is 0 Å². The van der Waals surface area contributed by atoms with E-state index in [1.807, 2.05) is 6.92 Å². The highest BCUT2D eigenvalue weighted by molar-refractivity contribution is 5.99. The Balaban J connectivity index is 1.89. The fourth-order valence-corrected chi connectivity index (χ4v) is 2.05. The number of hydrogen-bond donors (Lipinski definition) is 2. The second-order valence-corrected chi connectivity index (χ2v) is 5.00. The summed E-state index contributed by atoms with van der Waals surface area (Å²) in [6.45, 7) is 2.93. The van der Waals surface area contributed by atoms with Gasteiger partial charge in [-0.1, -0.05) is 12.1 Å². The van der Waals surface area contributed by atoms with Crippen molar-refractivity contribution in [2.24, 2.45) is 0 Å². The predicted molar refractivity (Wildman–Crippen MR) is 89.7 cm³/mol. The van der Waals surface area contributed by atoms with Crippen LogP contribution in [0.25, 0.3) is 0 Å². The Morgan fingerprint density at radius 1 is 0.875 bits per heavy atom. The Morgan fingerprint density at radius 2 is 1.38 bits per heavy atom. The normalized spacial score (nSPS) is 10.1. The zero-order valence-corrected chi connectivity index (χ0v) is 13.7. The van der Waals surface area contributed by atoms with E-state index < -0.39 is 11.8 Å². The van der Waals surface area contributed by atoms with Crippen molar-refractivity contribution in [3.8, 4) is 5.75 Å². The molecule has 0 aliphatic carbocycles. The van der Waals surface area contributed by atoms with Gasteiger partial charge in [-0.3, -0.25) is 20.4 Å². The van der Waals surface area contributed by atoms with E-state index in [2.05, 4.69) is 10.9 Å². The summed E-state index contributed by atoms with van der Waals surface area (Å²) in [5, 5.41) is 0. The van der Waals surface area contributed by atoms with E-state index in [0.29, 0.717) is 30.1 Å². The van der Waals surface area contributed by atoms with Crippen molar-refractivity contribution in [2.75, 3.05) is 13.7 Å². The smallest absolute Gasteiger partial charge is 0.269 e. The molecule has 0 bridgehead atoms. The summed E-state index contributed by atoms with van der Waals surface area (Å²) in [6, 6.07) is 13.6. The first-order chi connectivity index (χ1) is 11.6. The first kappa shape index (κ1) is 17.5. The lowest BCUT2D eigenvalue weighted by atomic mass is 10.1. The number of amides is 2. The first-order valence-electron chi connectivity index (χ1n) is 7.55. The van der Waals surface area contributed by atoms with Gasteiger partial charge in [-0.25, -0.2) is 0 Å². The Morgan fingerprint density at radius 3 is 1.83 bits per heavy atom. The molecule has 6 heteroatoms. The molecule has 0 spiro atoms. The molecule has 24 heavy (non-hydrogen) atoms. The Labute approximate surface area is 140 Å². The second-order valence-electron chi connectivity index (χ2n) is 5.00. The number of ether oxygens (including phenoxy) is 2. The fourth-order valence-electron chi connectivity index (χ4n) is 2.05. The maximum Gasteiger partial charge on any atom is 0.269 e. The minimum atomic E-state index is -0.401. The summed E-state index contributed by atoms with van der Waals surface area (Å²) in [4.78, 5) is 24.0. The van der Waals surface area contributed by atoms with Crippen molar-refractivity contribution in [3.05, 3.63) is 65.2 Å². The van der Waals surface area contributed by atoms with E-state index in [1.54, 1.807) is 55.6 Å². The van der Waals surface area contributed by atoms with Crippen LogP contribution in [0.2, 0.25) is 0 Å². The van der Waals surface area contributed by atoms with Gasteiger partial charge in [-0.15, -0.1) is 0 Å². The first-order valence-corrected chi connectivity index (χ1v) is 7.55. The number of methoxy groups -OCH3 is 1. The summed E-state index contributed by atoms with van der Waals surface area (Å²) < 4.78 is 10.3. The van der Waals surface area contributed by atoms with E-state index in [0.717, 1.165) is 5.56 Å². The number of benzene rings is 2. The third-order valence-electron chi connectivity index (χ3n) is 3.24. The van der Waals surface area contributed by atoms with Crippen molar-refractivity contribution in [1.29, 1.82) is 0 Å². The molecule has 2 aromatic rings. The van der Waals surface area contributed by atoms with E-state index in [4.69, 9.17) is 9.47 Å². The fraction of sp³-hybridized carbons (Fsp3) is 0.222. The summed E-state index contributed by atoms with van der Waals surface area (Å²) >= 11 is 0. The average Bonchev–Trinajstić information content (AvgIpc) is 2.61. The van der Waals surface area contributed by atoms with Gasteiger partial charge in [0, 0.05) is 18.2 Å². The molecule has 0 unspecified atom stereocenters. The van der Waals surface area contributed by atoms with Crippen LogP contribution in [0.4, 0.5) is 0 Å². The molecule has 2 amide bonds. The van der Waals surface area contributed by atoms with Gasteiger partial charge in [0.05, 0.1) is 13.2 Å². The molecule has 0 saturated carbocycles. The minimum Gasteiger partial charge on any atom is -0.494 e. The SMILES string of the molecule is CCOc1ccc(C(=O)NNC(=O)c2ccc(COC)cc2)cc1. The third kappa shape index (κ3) is 4.82. The highest BCUT2D eigenvalue weighted by Gasteiger charge is 2.09. The van der Waals surface area contributed by atoms with Gasteiger partial charge in [0.1, 0.15) is 5.75 Å². The lowest BCUT2D eigenvalue weighted by Crippen LogP contribution is -2.41. The van der Waals surface area contributed by atoms with Gasteiger partial charge in [-0.2, -0.15) is 0 Å². The van der Waals surface area contributed by atoms with Crippen molar-refractivity contribution in [3.63, 3.8) is 0 Å². The van der Waals surface area contributed by atoms with Gasteiger partial charge >= 0.3 is 0 Å². The van der Waals surface area contributed by atoms with Crippen LogP contribution in [0.1, 0.15) is 33.2 Å². The molecule has 0 heterocycles. The van der Waals surface area contributed by atoms with Gasteiger partial charge in [0.15, 0.2) is 0 Å². The molecule has 0 saturated heterocycles. The Bertz CT molecular complexity index is 620. The summed E-state index contributed by atoms with van der Waals surface area (Å²) in [7, 11) is 1.61. The molecule has 0 radical (unpaired) electrons. The van der Waals surface area contributed by atoms with E-state index >= 15 is 0 Å². The average molecular weight is 328 g/mol. The molecule has 0 aliphatic heterocycles. The van der Waals surface area contributed by atoms with Gasteiger partial charge in [-0.05, 0) is 48.9 Å². The number of carbonyl (C=O) groups is 2. The molecule has 0 aromatic heterocycles. The van der Waals surface area contributed by atoms with E-state index in [1.165, 1.54) is 0 Å². The summed E-state index contributed by atoms with van der Waals surface area (Å²) in [6.07, 6.45) is 0. The van der Waals surface area contributed by atoms with Crippen LogP contribution in [0.15, 0.2) is 48.5 Å². The van der Waals surface area contributed by atoms with Crippen molar-refractivity contribution < 1.29 is 19.1 Å². The summed E-state index contributed by atoms with van der Waals surface area (Å²) in [5.41, 5.74) is 6.61. The van der Waals surface area contributed by atoms with E-state index in [9.17, 15) is 9.59 Å². The third-order valence-corrected chi connectivity index (χ3v) is 3.24. The highest BCUT2D eigenvalue weighted by Crippen LogP contribution is 2.11. The summed E-state index contributed by atoms with van der Waals surface area (Å²) in [5.74, 6) is -0.102. The zero-order valence-electron chi connectivity index (χ0n) is 13.7. The quantitative estimate of drug-likeness (QED) is 0.798. The van der Waals surface area contributed by atoms with Crippen LogP contribution < -0.4 is 15.6 Å². The Kier molecular flexibility index (Phi) is 6.33. The topological polar surface area (TPSA) is 76.7 Å². The van der Waals surface area contributed by atoms with Crippen LogP contribution in [-0.2, 0) is 11.3 Å². The molecule has 0 atom stereocenters. The van der Waals surface area contributed by atoms with Gasteiger partial charge < -0.3 is 9.47 Å².